The normalized spacial score (nSPS) is 18.2. The minimum atomic E-state index is -2.81. The van der Waals surface area contributed by atoms with Crippen LogP contribution < -0.4 is 10.5 Å². The van der Waals surface area contributed by atoms with E-state index in [0.717, 1.165) is 0 Å². The van der Waals surface area contributed by atoms with Crippen molar-refractivity contribution in [1.29, 1.82) is 0 Å². The van der Waals surface area contributed by atoms with E-state index in [2.05, 4.69) is 19.9 Å². The van der Waals surface area contributed by atoms with Crippen molar-refractivity contribution in [3.63, 3.8) is 0 Å². The lowest BCUT2D eigenvalue weighted by Crippen LogP contribution is -2.41. The zero-order valence-corrected chi connectivity index (χ0v) is 17.6. The molecule has 0 saturated carbocycles. The number of methoxy groups -OCH3 is 1. The van der Waals surface area contributed by atoms with Crippen LogP contribution >= 0.6 is 0 Å². The Labute approximate surface area is 182 Å². The van der Waals surface area contributed by atoms with Gasteiger partial charge in [-0.3, -0.25) is 14.7 Å². The van der Waals surface area contributed by atoms with Crippen LogP contribution in [0.5, 0.6) is 5.75 Å². The van der Waals surface area contributed by atoms with Crippen LogP contribution in [-0.4, -0.2) is 45.9 Å². The molecule has 0 aliphatic carbocycles. The van der Waals surface area contributed by atoms with Crippen LogP contribution in [0.15, 0.2) is 53.9 Å². The summed E-state index contributed by atoms with van der Waals surface area (Å²) in [4.78, 5) is 31.3. The summed E-state index contributed by atoms with van der Waals surface area (Å²) in [5.74, 6) is 0.528. The van der Waals surface area contributed by atoms with Crippen LogP contribution in [0.3, 0.4) is 0 Å². The van der Waals surface area contributed by atoms with Crippen LogP contribution in [-0.2, 0) is 10.3 Å². The Morgan fingerprint density at radius 3 is 2.38 bits per heavy atom. The summed E-state index contributed by atoms with van der Waals surface area (Å²) in [6.07, 6.45) is 1.71. The first-order valence-electron chi connectivity index (χ1n) is 9.63. The summed E-state index contributed by atoms with van der Waals surface area (Å²) < 4.78 is 32.2. The molecule has 1 atom stereocenters. The van der Waals surface area contributed by atoms with Gasteiger partial charge in [0.15, 0.2) is 11.5 Å². The lowest BCUT2D eigenvalue weighted by molar-refractivity contribution is -0.129. The van der Waals surface area contributed by atoms with Gasteiger partial charge in [0.05, 0.1) is 7.11 Å². The van der Waals surface area contributed by atoms with Gasteiger partial charge in [0.1, 0.15) is 17.3 Å². The Balaban J connectivity index is 1.99. The number of hydrogen-bond acceptors (Lipinski definition) is 7. The third kappa shape index (κ3) is 3.43. The van der Waals surface area contributed by atoms with E-state index in [-0.39, 0.29) is 11.5 Å². The first-order chi connectivity index (χ1) is 15.3. The van der Waals surface area contributed by atoms with Crippen molar-refractivity contribution >= 4 is 11.9 Å². The molecule has 2 N–H and O–H groups in total. The highest BCUT2D eigenvalue weighted by Gasteiger charge is 2.50. The van der Waals surface area contributed by atoms with E-state index in [1.165, 1.54) is 37.4 Å². The molecule has 0 spiro atoms. The molecule has 0 bridgehead atoms. The molecule has 1 aromatic carbocycles. The number of aryl methyl sites for hydroxylation is 1. The lowest BCUT2D eigenvalue weighted by atomic mass is 9.81. The van der Waals surface area contributed by atoms with Crippen molar-refractivity contribution < 1.29 is 18.3 Å². The van der Waals surface area contributed by atoms with E-state index in [1.54, 1.807) is 37.5 Å². The molecule has 0 fully saturated rings. The third-order valence-electron chi connectivity index (χ3n) is 5.34. The number of carbonyl (C=O) groups excluding carboxylic acids is 1. The zero-order chi connectivity index (χ0) is 23.0. The van der Waals surface area contributed by atoms with Gasteiger partial charge in [0.25, 0.3) is 12.3 Å². The van der Waals surface area contributed by atoms with E-state index in [0.29, 0.717) is 28.3 Å². The van der Waals surface area contributed by atoms with E-state index in [1.807, 2.05) is 0 Å². The molecule has 0 saturated heterocycles. The molecular formula is C22H20F2N6O2. The minimum Gasteiger partial charge on any atom is -0.497 e. The van der Waals surface area contributed by atoms with Gasteiger partial charge < -0.3 is 10.5 Å². The highest BCUT2D eigenvalue weighted by atomic mass is 19.3. The molecule has 3 heterocycles. The third-order valence-corrected chi connectivity index (χ3v) is 5.34. The number of aliphatic imine (C=N–C) groups is 1. The van der Waals surface area contributed by atoms with Crippen molar-refractivity contribution in [2.24, 2.45) is 10.7 Å². The Hall–Kier alpha value is -3.95. The number of carbonyl (C=O) groups is 1. The van der Waals surface area contributed by atoms with E-state index >= 15 is 0 Å². The van der Waals surface area contributed by atoms with Crippen LogP contribution in [0.1, 0.15) is 29.1 Å². The molecule has 0 radical (unpaired) electrons. The van der Waals surface area contributed by atoms with Gasteiger partial charge in [-0.25, -0.2) is 23.7 Å². The van der Waals surface area contributed by atoms with Crippen LogP contribution in [0, 0.1) is 6.92 Å². The van der Waals surface area contributed by atoms with E-state index in [9.17, 15) is 13.6 Å². The summed E-state index contributed by atoms with van der Waals surface area (Å²) >= 11 is 0. The molecular weight excluding hydrogens is 418 g/mol. The van der Waals surface area contributed by atoms with Gasteiger partial charge in [-0.05, 0) is 53.9 Å². The first-order valence-corrected chi connectivity index (χ1v) is 9.63. The minimum absolute atomic E-state index is 0.0338. The number of halogens is 2. The molecule has 32 heavy (non-hydrogen) atoms. The molecule has 1 aliphatic heterocycles. The smallest absolute Gasteiger partial charge is 0.280 e. The number of rotatable bonds is 5. The summed E-state index contributed by atoms with van der Waals surface area (Å²) in [5.41, 5.74) is 5.82. The number of pyridine rings is 1. The second kappa shape index (κ2) is 7.95. The molecule has 1 aliphatic rings. The quantitative estimate of drug-likeness (QED) is 0.657. The van der Waals surface area contributed by atoms with E-state index < -0.39 is 23.6 Å². The van der Waals surface area contributed by atoms with Gasteiger partial charge in [-0.15, -0.1) is 0 Å². The number of guanidine groups is 1. The van der Waals surface area contributed by atoms with Crippen molar-refractivity contribution in [2.75, 3.05) is 14.2 Å². The van der Waals surface area contributed by atoms with Crippen molar-refractivity contribution in [1.82, 2.24) is 19.9 Å². The molecule has 4 rings (SSSR count). The van der Waals surface area contributed by atoms with Gasteiger partial charge in [-0.2, -0.15) is 0 Å². The average molecular weight is 438 g/mol. The number of nitrogens with zero attached hydrogens (tertiary/aromatic N) is 5. The fourth-order valence-electron chi connectivity index (χ4n) is 3.61. The zero-order valence-electron chi connectivity index (χ0n) is 17.6. The molecule has 1 amide bonds. The lowest BCUT2D eigenvalue weighted by Gasteiger charge is -2.27. The highest BCUT2D eigenvalue weighted by molar-refractivity contribution is 6.09. The monoisotopic (exact) mass is 438 g/mol. The van der Waals surface area contributed by atoms with Gasteiger partial charge in [0, 0.05) is 31.2 Å². The maximum atomic E-state index is 13.5. The summed E-state index contributed by atoms with van der Waals surface area (Å²) in [5, 5.41) is 0. The van der Waals surface area contributed by atoms with Crippen molar-refractivity contribution in [2.45, 2.75) is 18.9 Å². The number of ether oxygens (including phenoxy) is 1. The predicted molar refractivity (Wildman–Crippen MR) is 113 cm³/mol. The first kappa shape index (κ1) is 21.3. The second-order valence-corrected chi connectivity index (χ2v) is 7.28. The van der Waals surface area contributed by atoms with Gasteiger partial charge in [0.2, 0.25) is 0 Å². The topological polar surface area (TPSA) is 107 Å². The Bertz CT molecular complexity index is 1220. The number of benzene rings is 1. The van der Waals surface area contributed by atoms with E-state index in [4.69, 9.17) is 10.5 Å². The largest absolute Gasteiger partial charge is 0.497 e. The number of likely N-dealkylation sites (N-methyl/N-ethyl adjacent to an activating group) is 1. The standard InChI is InChI=1S/C22H20F2N6O2/c1-12-27-10-14(11-28-12)13-6-16(8-17(7-13)32-3)22(20(31)30(2)21(25)29-22)15-4-5-26-18(9-15)19(23)24/h4-11,19H,1-3H3,(H2,25,29). The maximum absolute atomic E-state index is 13.5. The van der Waals surface area contributed by atoms with Crippen LogP contribution in [0.2, 0.25) is 0 Å². The van der Waals surface area contributed by atoms with Crippen molar-refractivity contribution in [3.05, 3.63) is 71.6 Å². The fourth-order valence-corrected chi connectivity index (χ4v) is 3.61. The summed E-state index contributed by atoms with van der Waals surface area (Å²) in [7, 11) is 2.97. The SMILES string of the molecule is COc1cc(-c2cnc(C)nc2)cc(C2(c3ccnc(C(F)F)c3)N=C(N)N(C)C2=O)c1. The second-order valence-electron chi connectivity index (χ2n) is 7.28. The van der Waals surface area contributed by atoms with Crippen LogP contribution in [0.4, 0.5) is 8.78 Å². The fraction of sp³-hybridized carbons (Fsp3) is 0.227. The van der Waals surface area contributed by atoms with Crippen LogP contribution in [0.25, 0.3) is 11.1 Å². The molecule has 10 heteroatoms. The van der Waals surface area contributed by atoms with Gasteiger partial charge in [-0.1, -0.05) is 0 Å². The Kier molecular flexibility index (Phi) is 5.29. The predicted octanol–water partition coefficient (Wildman–Crippen LogP) is 2.82. The Morgan fingerprint density at radius 1 is 1.06 bits per heavy atom. The van der Waals surface area contributed by atoms with Crippen molar-refractivity contribution in [3.8, 4) is 16.9 Å². The summed E-state index contributed by atoms with van der Waals surface area (Å²) in [6, 6.07) is 7.78. The highest BCUT2D eigenvalue weighted by Crippen LogP contribution is 2.42. The molecule has 164 valence electrons. The molecule has 8 nitrogen and oxygen atoms in total. The number of aromatic nitrogens is 3. The average Bonchev–Trinajstić information content (AvgIpc) is 3.04. The number of nitrogens with two attached hydrogens (primary N) is 1. The number of amides is 1. The maximum Gasteiger partial charge on any atom is 0.280 e. The summed E-state index contributed by atoms with van der Waals surface area (Å²) in [6.45, 7) is 1.77. The number of alkyl halides is 2. The number of hydrogen-bond donors (Lipinski definition) is 1. The molecule has 2 aromatic heterocycles. The molecule has 1 unspecified atom stereocenters. The van der Waals surface area contributed by atoms with Gasteiger partial charge >= 0.3 is 0 Å². The Morgan fingerprint density at radius 2 is 1.78 bits per heavy atom. The molecule has 3 aromatic rings.